The average Bonchev–Trinajstić information content (AvgIpc) is 2.97. The summed E-state index contributed by atoms with van der Waals surface area (Å²) in [5.41, 5.74) is 0.566. The number of aromatic nitrogens is 3. The average molecular weight is 393 g/mol. The molecule has 1 amide bonds. The van der Waals surface area contributed by atoms with Gasteiger partial charge >= 0.3 is 0 Å². The predicted octanol–water partition coefficient (Wildman–Crippen LogP) is 3.71. The van der Waals surface area contributed by atoms with Gasteiger partial charge in [-0.2, -0.15) is 0 Å². The number of thioether (sulfide) groups is 1. The van der Waals surface area contributed by atoms with Gasteiger partial charge in [0.1, 0.15) is 11.6 Å². The van der Waals surface area contributed by atoms with Gasteiger partial charge in [-0.15, -0.1) is 10.2 Å². The first-order valence-electron chi connectivity index (χ1n) is 7.51. The monoisotopic (exact) mass is 392 g/mol. The van der Waals surface area contributed by atoms with Gasteiger partial charge in [-0.05, 0) is 30.3 Å². The minimum Gasteiger partial charge on any atom is -0.506 e. The van der Waals surface area contributed by atoms with Crippen LogP contribution in [-0.4, -0.2) is 31.5 Å². The number of halogens is 2. The van der Waals surface area contributed by atoms with Gasteiger partial charge in [0.2, 0.25) is 5.91 Å². The quantitative estimate of drug-likeness (QED) is 0.511. The molecular weight excluding hydrogens is 379 g/mol. The third-order valence-corrected chi connectivity index (χ3v) is 4.77. The molecule has 1 heterocycles. The fourth-order valence-corrected chi connectivity index (χ4v) is 3.13. The molecule has 26 heavy (non-hydrogen) atoms. The van der Waals surface area contributed by atoms with Crippen LogP contribution in [0.15, 0.2) is 47.6 Å². The topological polar surface area (TPSA) is 80.0 Å². The Morgan fingerprint density at radius 2 is 2.08 bits per heavy atom. The molecule has 3 rings (SSSR count). The van der Waals surface area contributed by atoms with Crippen molar-refractivity contribution in [2.75, 3.05) is 11.1 Å². The highest BCUT2D eigenvalue weighted by molar-refractivity contribution is 7.99. The van der Waals surface area contributed by atoms with Gasteiger partial charge in [-0.25, -0.2) is 4.39 Å². The van der Waals surface area contributed by atoms with Gasteiger partial charge in [-0.3, -0.25) is 4.79 Å². The molecule has 0 bridgehead atoms. The summed E-state index contributed by atoms with van der Waals surface area (Å²) in [6.45, 7) is 0. The van der Waals surface area contributed by atoms with E-state index in [-0.39, 0.29) is 23.1 Å². The van der Waals surface area contributed by atoms with Crippen molar-refractivity contribution >= 4 is 35.0 Å². The molecule has 0 saturated carbocycles. The zero-order valence-electron chi connectivity index (χ0n) is 13.6. The molecule has 9 heteroatoms. The van der Waals surface area contributed by atoms with E-state index in [4.69, 9.17) is 11.6 Å². The second kappa shape index (κ2) is 7.76. The number of benzene rings is 2. The Balaban J connectivity index is 1.68. The second-order valence-corrected chi connectivity index (χ2v) is 6.72. The van der Waals surface area contributed by atoms with E-state index in [9.17, 15) is 14.3 Å². The Kier molecular flexibility index (Phi) is 5.43. The number of carbonyl (C=O) groups excluding carboxylic acids is 1. The number of nitrogens with one attached hydrogen (secondary N) is 1. The maximum absolute atomic E-state index is 13.9. The first-order valence-corrected chi connectivity index (χ1v) is 8.87. The summed E-state index contributed by atoms with van der Waals surface area (Å²) in [4.78, 5) is 12.1. The predicted molar refractivity (Wildman–Crippen MR) is 98.9 cm³/mol. The van der Waals surface area contributed by atoms with E-state index in [1.54, 1.807) is 29.8 Å². The standard InChI is InChI=1S/C17H14ClFN4O2S/c1-23-16(11-4-2-3-5-12(11)19)21-22-17(23)26-9-15(25)20-13-8-10(18)6-7-14(13)24/h2-8,24H,9H2,1H3,(H,20,25). The van der Waals surface area contributed by atoms with Crippen LogP contribution < -0.4 is 5.32 Å². The van der Waals surface area contributed by atoms with Crippen LogP contribution in [0.2, 0.25) is 5.02 Å². The minimum absolute atomic E-state index is 0.0369. The number of carbonyl (C=O) groups is 1. The van der Waals surface area contributed by atoms with E-state index in [2.05, 4.69) is 15.5 Å². The number of nitrogens with zero attached hydrogens (tertiary/aromatic N) is 3. The molecule has 0 spiro atoms. The van der Waals surface area contributed by atoms with Crippen molar-refractivity contribution in [1.82, 2.24) is 14.8 Å². The Labute approximate surface area is 158 Å². The van der Waals surface area contributed by atoms with Crippen LogP contribution in [0.3, 0.4) is 0 Å². The third kappa shape index (κ3) is 3.97. The summed E-state index contributed by atoms with van der Waals surface area (Å²) in [5, 5.41) is 21.2. The highest BCUT2D eigenvalue weighted by Crippen LogP contribution is 2.28. The van der Waals surface area contributed by atoms with E-state index < -0.39 is 5.82 Å². The van der Waals surface area contributed by atoms with Crippen molar-refractivity contribution in [3.63, 3.8) is 0 Å². The first-order chi connectivity index (χ1) is 12.5. The van der Waals surface area contributed by atoms with Gasteiger partial charge in [0.15, 0.2) is 11.0 Å². The van der Waals surface area contributed by atoms with Crippen molar-refractivity contribution in [3.8, 4) is 17.1 Å². The molecule has 0 aliphatic carbocycles. The minimum atomic E-state index is -0.395. The van der Waals surface area contributed by atoms with Crippen LogP contribution in [-0.2, 0) is 11.8 Å². The zero-order valence-corrected chi connectivity index (χ0v) is 15.2. The number of hydrogen-bond acceptors (Lipinski definition) is 5. The number of aromatic hydroxyl groups is 1. The number of phenolic OH excluding ortho intramolecular Hbond substituents is 1. The molecule has 0 atom stereocenters. The van der Waals surface area contributed by atoms with E-state index in [1.807, 2.05) is 0 Å². The molecule has 0 aliphatic rings. The molecule has 134 valence electrons. The van der Waals surface area contributed by atoms with Gasteiger partial charge in [-0.1, -0.05) is 35.5 Å². The summed E-state index contributed by atoms with van der Waals surface area (Å²) in [6, 6.07) is 10.6. The molecule has 3 aromatic rings. The summed E-state index contributed by atoms with van der Waals surface area (Å²) in [6.07, 6.45) is 0. The molecule has 0 saturated heterocycles. The highest BCUT2D eigenvalue weighted by Gasteiger charge is 2.16. The SMILES string of the molecule is Cn1c(SCC(=O)Nc2cc(Cl)ccc2O)nnc1-c1ccccc1F. The fourth-order valence-electron chi connectivity index (χ4n) is 2.24. The molecule has 0 unspecified atom stereocenters. The van der Waals surface area contributed by atoms with Crippen molar-refractivity contribution in [2.24, 2.45) is 7.05 Å². The van der Waals surface area contributed by atoms with Gasteiger partial charge < -0.3 is 15.0 Å². The molecule has 6 nitrogen and oxygen atoms in total. The smallest absolute Gasteiger partial charge is 0.234 e. The number of phenols is 1. The molecule has 2 aromatic carbocycles. The Bertz CT molecular complexity index is 964. The van der Waals surface area contributed by atoms with Crippen LogP contribution in [0.1, 0.15) is 0 Å². The van der Waals surface area contributed by atoms with Crippen LogP contribution in [0.5, 0.6) is 5.75 Å². The van der Waals surface area contributed by atoms with Gasteiger partial charge in [0, 0.05) is 12.1 Å². The molecule has 1 aromatic heterocycles. The lowest BCUT2D eigenvalue weighted by molar-refractivity contribution is -0.113. The fraction of sp³-hybridized carbons (Fsp3) is 0.118. The lowest BCUT2D eigenvalue weighted by Gasteiger charge is -2.08. The summed E-state index contributed by atoms with van der Waals surface area (Å²) in [7, 11) is 1.70. The Morgan fingerprint density at radius 3 is 2.85 bits per heavy atom. The molecular formula is C17H14ClFN4O2S. The van der Waals surface area contributed by atoms with Crippen LogP contribution in [0.4, 0.5) is 10.1 Å². The lowest BCUT2D eigenvalue weighted by atomic mass is 10.2. The Morgan fingerprint density at radius 1 is 1.31 bits per heavy atom. The normalized spacial score (nSPS) is 10.7. The second-order valence-electron chi connectivity index (χ2n) is 5.34. The van der Waals surface area contributed by atoms with Crippen molar-refractivity contribution < 1.29 is 14.3 Å². The number of amides is 1. The zero-order chi connectivity index (χ0) is 18.7. The maximum Gasteiger partial charge on any atom is 0.234 e. The largest absolute Gasteiger partial charge is 0.506 e. The van der Waals surface area contributed by atoms with E-state index in [0.717, 1.165) is 11.8 Å². The van der Waals surface area contributed by atoms with Crippen LogP contribution >= 0.6 is 23.4 Å². The van der Waals surface area contributed by atoms with Gasteiger partial charge in [0.25, 0.3) is 0 Å². The summed E-state index contributed by atoms with van der Waals surface area (Å²) >= 11 is 6.99. The van der Waals surface area contributed by atoms with Gasteiger partial charge in [0.05, 0.1) is 17.0 Å². The van der Waals surface area contributed by atoms with Crippen molar-refractivity contribution in [1.29, 1.82) is 0 Å². The third-order valence-electron chi connectivity index (χ3n) is 3.51. The molecule has 0 aliphatic heterocycles. The lowest BCUT2D eigenvalue weighted by Crippen LogP contribution is -2.14. The van der Waals surface area contributed by atoms with Crippen LogP contribution in [0, 0.1) is 5.82 Å². The number of hydrogen-bond donors (Lipinski definition) is 2. The maximum atomic E-state index is 13.9. The van der Waals surface area contributed by atoms with E-state index in [0.29, 0.717) is 21.6 Å². The van der Waals surface area contributed by atoms with Crippen molar-refractivity contribution in [3.05, 3.63) is 53.3 Å². The van der Waals surface area contributed by atoms with E-state index in [1.165, 1.54) is 24.3 Å². The Hall–Kier alpha value is -2.58. The molecule has 0 fully saturated rings. The summed E-state index contributed by atoms with van der Waals surface area (Å²) < 4.78 is 15.5. The molecule has 0 radical (unpaired) electrons. The number of anilines is 1. The molecule has 2 N–H and O–H groups in total. The summed E-state index contributed by atoms with van der Waals surface area (Å²) in [5.74, 6) is -0.404. The van der Waals surface area contributed by atoms with Crippen LogP contribution in [0.25, 0.3) is 11.4 Å². The van der Waals surface area contributed by atoms with E-state index >= 15 is 0 Å². The first kappa shape index (κ1) is 18.2. The highest BCUT2D eigenvalue weighted by atomic mass is 35.5. The van der Waals surface area contributed by atoms with Crippen molar-refractivity contribution in [2.45, 2.75) is 5.16 Å². The number of rotatable bonds is 5.